The lowest BCUT2D eigenvalue weighted by atomic mass is 10.1. The van der Waals surface area contributed by atoms with Crippen LogP contribution in [0.2, 0.25) is 0 Å². The SMILES string of the molecule is CC(NCC(=O)Nc1cccc(Br)c1)c1cccc(F)c1. The zero-order valence-electron chi connectivity index (χ0n) is 11.6. The first-order valence-corrected chi connectivity index (χ1v) is 7.38. The molecule has 2 rings (SSSR count). The van der Waals surface area contributed by atoms with Gasteiger partial charge < -0.3 is 10.6 Å². The van der Waals surface area contributed by atoms with E-state index in [2.05, 4.69) is 26.6 Å². The maximum Gasteiger partial charge on any atom is 0.238 e. The topological polar surface area (TPSA) is 41.1 Å². The van der Waals surface area contributed by atoms with E-state index in [-0.39, 0.29) is 24.3 Å². The van der Waals surface area contributed by atoms with E-state index in [9.17, 15) is 9.18 Å². The van der Waals surface area contributed by atoms with Crippen LogP contribution in [0.3, 0.4) is 0 Å². The molecule has 0 heterocycles. The van der Waals surface area contributed by atoms with Crippen LogP contribution in [-0.4, -0.2) is 12.5 Å². The Balaban J connectivity index is 1.86. The van der Waals surface area contributed by atoms with Gasteiger partial charge in [0.25, 0.3) is 0 Å². The molecule has 2 aromatic carbocycles. The summed E-state index contributed by atoms with van der Waals surface area (Å²) in [5.41, 5.74) is 1.54. The van der Waals surface area contributed by atoms with Gasteiger partial charge in [0.05, 0.1) is 6.54 Å². The first-order chi connectivity index (χ1) is 10.0. The lowest BCUT2D eigenvalue weighted by Gasteiger charge is -2.14. The molecule has 1 atom stereocenters. The minimum atomic E-state index is -0.278. The van der Waals surface area contributed by atoms with Crippen molar-refractivity contribution in [2.24, 2.45) is 0 Å². The van der Waals surface area contributed by atoms with Crippen LogP contribution >= 0.6 is 15.9 Å². The normalized spacial score (nSPS) is 12.0. The molecular formula is C16H16BrFN2O. The minimum Gasteiger partial charge on any atom is -0.325 e. The molecule has 1 unspecified atom stereocenters. The molecule has 0 bridgehead atoms. The molecule has 0 fully saturated rings. The van der Waals surface area contributed by atoms with Crippen LogP contribution in [0.5, 0.6) is 0 Å². The Morgan fingerprint density at radius 3 is 2.71 bits per heavy atom. The fourth-order valence-corrected chi connectivity index (χ4v) is 2.31. The molecule has 0 saturated heterocycles. The maximum absolute atomic E-state index is 13.1. The third-order valence-corrected chi connectivity index (χ3v) is 3.52. The quantitative estimate of drug-likeness (QED) is 0.859. The highest BCUT2D eigenvalue weighted by molar-refractivity contribution is 9.10. The van der Waals surface area contributed by atoms with Crippen molar-refractivity contribution in [1.82, 2.24) is 5.32 Å². The summed E-state index contributed by atoms with van der Waals surface area (Å²) in [7, 11) is 0. The van der Waals surface area contributed by atoms with Crippen LogP contribution < -0.4 is 10.6 Å². The predicted molar refractivity (Wildman–Crippen MR) is 85.6 cm³/mol. The number of nitrogens with one attached hydrogen (secondary N) is 2. The van der Waals surface area contributed by atoms with E-state index in [1.807, 2.05) is 37.3 Å². The summed E-state index contributed by atoms with van der Waals surface area (Å²) < 4.78 is 14.0. The number of anilines is 1. The average molecular weight is 351 g/mol. The molecule has 0 aromatic heterocycles. The van der Waals surface area contributed by atoms with Crippen LogP contribution in [0.4, 0.5) is 10.1 Å². The Bertz CT molecular complexity index is 633. The molecule has 21 heavy (non-hydrogen) atoms. The first-order valence-electron chi connectivity index (χ1n) is 6.59. The third-order valence-electron chi connectivity index (χ3n) is 3.03. The Morgan fingerprint density at radius 2 is 2.00 bits per heavy atom. The minimum absolute atomic E-state index is 0.103. The largest absolute Gasteiger partial charge is 0.325 e. The van der Waals surface area contributed by atoms with Crippen molar-refractivity contribution in [3.05, 3.63) is 64.4 Å². The van der Waals surface area contributed by atoms with Crippen LogP contribution in [-0.2, 0) is 4.79 Å². The molecule has 0 aliphatic heterocycles. The van der Waals surface area contributed by atoms with E-state index >= 15 is 0 Å². The Kier molecular flexibility index (Phi) is 5.47. The molecule has 2 aromatic rings. The van der Waals surface area contributed by atoms with Gasteiger partial charge in [0.2, 0.25) is 5.91 Å². The molecule has 2 N–H and O–H groups in total. The van der Waals surface area contributed by atoms with E-state index in [4.69, 9.17) is 0 Å². The second-order valence-corrected chi connectivity index (χ2v) is 5.63. The maximum atomic E-state index is 13.1. The number of benzene rings is 2. The second-order valence-electron chi connectivity index (χ2n) is 4.72. The van der Waals surface area contributed by atoms with Gasteiger partial charge in [0.1, 0.15) is 5.82 Å². The van der Waals surface area contributed by atoms with Crippen LogP contribution in [0.15, 0.2) is 53.0 Å². The van der Waals surface area contributed by atoms with Gasteiger partial charge in [-0.3, -0.25) is 4.79 Å². The van der Waals surface area contributed by atoms with Gasteiger partial charge in [-0.05, 0) is 42.8 Å². The summed E-state index contributed by atoms with van der Waals surface area (Å²) >= 11 is 3.35. The summed E-state index contributed by atoms with van der Waals surface area (Å²) in [5.74, 6) is -0.420. The van der Waals surface area contributed by atoms with Crippen molar-refractivity contribution >= 4 is 27.5 Å². The summed E-state index contributed by atoms with van der Waals surface area (Å²) in [6.07, 6.45) is 0. The molecule has 0 aliphatic carbocycles. The zero-order chi connectivity index (χ0) is 15.2. The highest BCUT2D eigenvalue weighted by Crippen LogP contribution is 2.16. The summed E-state index contributed by atoms with van der Waals surface area (Å²) in [4.78, 5) is 11.9. The first kappa shape index (κ1) is 15.7. The second kappa shape index (κ2) is 7.33. The van der Waals surface area contributed by atoms with Crippen molar-refractivity contribution in [2.75, 3.05) is 11.9 Å². The van der Waals surface area contributed by atoms with E-state index in [0.29, 0.717) is 0 Å². The summed E-state index contributed by atoms with van der Waals surface area (Å²) in [6, 6.07) is 13.6. The molecule has 1 amide bonds. The number of halogens is 2. The highest BCUT2D eigenvalue weighted by atomic mass is 79.9. The number of hydrogen-bond donors (Lipinski definition) is 2. The average Bonchev–Trinajstić information content (AvgIpc) is 2.45. The van der Waals surface area contributed by atoms with Gasteiger partial charge in [-0.25, -0.2) is 4.39 Å². The van der Waals surface area contributed by atoms with Gasteiger partial charge in [-0.1, -0.05) is 34.1 Å². The Morgan fingerprint density at radius 1 is 1.24 bits per heavy atom. The van der Waals surface area contributed by atoms with Crippen LogP contribution in [0.25, 0.3) is 0 Å². The highest BCUT2D eigenvalue weighted by Gasteiger charge is 2.08. The molecule has 110 valence electrons. The lowest BCUT2D eigenvalue weighted by molar-refractivity contribution is -0.115. The van der Waals surface area contributed by atoms with Gasteiger partial charge in [-0.2, -0.15) is 0 Å². The van der Waals surface area contributed by atoms with E-state index in [0.717, 1.165) is 15.7 Å². The van der Waals surface area contributed by atoms with Crippen LogP contribution in [0.1, 0.15) is 18.5 Å². The molecule has 0 radical (unpaired) electrons. The summed E-state index contributed by atoms with van der Waals surface area (Å²) in [5, 5.41) is 5.87. The van der Waals surface area contributed by atoms with Gasteiger partial charge >= 0.3 is 0 Å². The van der Waals surface area contributed by atoms with E-state index in [1.165, 1.54) is 12.1 Å². The van der Waals surface area contributed by atoms with Gasteiger partial charge in [0.15, 0.2) is 0 Å². The molecule has 3 nitrogen and oxygen atoms in total. The van der Waals surface area contributed by atoms with Crippen molar-refractivity contribution in [1.29, 1.82) is 0 Å². The molecule has 0 spiro atoms. The predicted octanol–water partition coefficient (Wildman–Crippen LogP) is 3.88. The van der Waals surface area contributed by atoms with E-state index in [1.54, 1.807) is 6.07 Å². The monoisotopic (exact) mass is 350 g/mol. The van der Waals surface area contributed by atoms with Crippen molar-refractivity contribution in [3.8, 4) is 0 Å². The molecule has 0 saturated carbocycles. The van der Waals surface area contributed by atoms with Crippen molar-refractivity contribution < 1.29 is 9.18 Å². The number of rotatable bonds is 5. The fraction of sp³-hybridized carbons (Fsp3) is 0.188. The van der Waals surface area contributed by atoms with Crippen molar-refractivity contribution in [2.45, 2.75) is 13.0 Å². The Labute approximate surface area is 131 Å². The number of amides is 1. The lowest BCUT2D eigenvalue weighted by Crippen LogP contribution is -2.30. The van der Waals surface area contributed by atoms with E-state index < -0.39 is 0 Å². The van der Waals surface area contributed by atoms with Gasteiger partial charge in [0, 0.05) is 16.2 Å². The van der Waals surface area contributed by atoms with Gasteiger partial charge in [-0.15, -0.1) is 0 Å². The molecule has 0 aliphatic rings. The third kappa shape index (κ3) is 4.95. The van der Waals surface area contributed by atoms with Crippen LogP contribution in [0, 0.1) is 5.82 Å². The fourth-order valence-electron chi connectivity index (χ4n) is 1.91. The Hall–Kier alpha value is -1.72. The van der Waals surface area contributed by atoms with Crippen molar-refractivity contribution in [3.63, 3.8) is 0 Å². The number of hydrogen-bond acceptors (Lipinski definition) is 2. The molecular weight excluding hydrogens is 335 g/mol. The summed E-state index contributed by atoms with van der Waals surface area (Å²) in [6.45, 7) is 2.05. The zero-order valence-corrected chi connectivity index (χ0v) is 13.2. The number of carbonyl (C=O) groups is 1. The number of carbonyl (C=O) groups excluding carboxylic acids is 1. The standard InChI is InChI=1S/C16H16BrFN2O/c1-11(12-4-2-6-14(18)8-12)19-10-16(21)20-15-7-3-5-13(17)9-15/h2-9,11,19H,10H2,1H3,(H,20,21). The smallest absolute Gasteiger partial charge is 0.238 e. The molecule has 5 heteroatoms.